The number of hydrogen-bond donors (Lipinski definition) is 0. The first-order valence-corrected chi connectivity index (χ1v) is 16.7. The quantitative estimate of drug-likeness (QED) is 0.102. The van der Waals surface area contributed by atoms with E-state index in [-0.39, 0.29) is 17.9 Å². The number of aromatic nitrogens is 1. The zero-order valence-electron chi connectivity index (χ0n) is 25.3. The maximum Gasteiger partial charge on any atom is 0.338 e. The number of rotatable bonds is 10. The van der Waals surface area contributed by atoms with Crippen molar-refractivity contribution < 1.29 is 23.9 Å². The Morgan fingerprint density at radius 2 is 1.80 bits per heavy atom. The summed E-state index contributed by atoms with van der Waals surface area (Å²) < 4.78 is 20.7. The van der Waals surface area contributed by atoms with E-state index < -0.39 is 22.5 Å². The molecule has 0 amide bonds. The van der Waals surface area contributed by atoms with Gasteiger partial charge in [-0.25, -0.2) is 9.79 Å². The normalized spacial score (nSPS) is 14.5. The lowest BCUT2D eigenvalue weighted by molar-refractivity contribution is -0.385. The van der Waals surface area contributed by atoms with Crippen molar-refractivity contribution >= 4 is 60.9 Å². The van der Waals surface area contributed by atoms with Gasteiger partial charge < -0.3 is 14.2 Å². The van der Waals surface area contributed by atoms with Gasteiger partial charge in [-0.3, -0.25) is 19.5 Å². The Balaban J connectivity index is 1.61. The molecular formula is C33H29Br2N3O7S. The third kappa shape index (κ3) is 6.86. The molecule has 46 heavy (non-hydrogen) atoms. The molecule has 238 valence electrons. The van der Waals surface area contributed by atoms with Gasteiger partial charge in [0, 0.05) is 16.1 Å². The molecule has 0 fully saturated rings. The SMILES string of the molecule is CCOC(=O)C1=C(C)N=c2s/c(=C/c3cc(Br)c(OCc4ccc(Br)cc4)c(OCC)c3)c(=O)n2[C@@H]1c1ccc(C)c([N+](=O)[O-])c1. The highest BCUT2D eigenvalue weighted by molar-refractivity contribution is 9.10. The highest BCUT2D eigenvalue weighted by atomic mass is 79.9. The van der Waals surface area contributed by atoms with Crippen LogP contribution in [0.1, 0.15) is 49.1 Å². The van der Waals surface area contributed by atoms with Gasteiger partial charge >= 0.3 is 5.97 Å². The van der Waals surface area contributed by atoms with Gasteiger partial charge in [0.2, 0.25) is 0 Å². The minimum Gasteiger partial charge on any atom is -0.490 e. The van der Waals surface area contributed by atoms with Crippen molar-refractivity contribution in [3.63, 3.8) is 0 Å². The first kappa shape index (κ1) is 33.3. The van der Waals surface area contributed by atoms with Crippen LogP contribution in [0.3, 0.4) is 0 Å². The number of benzene rings is 3. The third-order valence-electron chi connectivity index (χ3n) is 7.19. The highest BCUT2D eigenvalue weighted by Crippen LogP contribution is 2.38. The summed E-state index contributed by atoms with van der Waals surface area (Å²) in [5.41, 5.74) is 2.49. The zero-order valence-corrected chi connectivity index (χ0v) is 29.3. The summed E-state index contributed by atoms with van der Waals surface area (Å²) in [4.78, 5) is 43.5. The zero-order chi connectivity index (χ0) is 33.1. The maximum atomic E-state index is 14.1. The van der Waals surface area contributed by atoms with Crippen molar-refractivity contribution in [3.8, 4) is 11.5 Å². The lowest BCUT2D eigenvalue weighted by atomic mass is 9.94. The van der Waals surface area contributed by atoms with Crippen molar-refractivity contribution in [2.24, 2.45) is 4.99 Å². The van der Waals surface area contributed by atoms with Crippen LogP contribution in [0.15, 0.2) is 84.6 Å². The fourth-order valence-electron chi connectivity index (χ4n) is 5.06. The summed E-state index contributed by atoms with van der Waals surface area (Å²) in [6.07, 6.45) is 1.72. The average molecular weight is 771 g/mol. The summed E-state index contributed by atoms with van der Waals surface area (Å²) in [7, 11) is 0. The second-order valence-electron chi connectivity index (χ2n) is 10.3. The molecule has 1 atom stereocenters. The Morgan fingerprint density at radius 3 is 2.48 bits per heavy atom. The van der Waals surface area contributed by atoms with Crippen molar-refractivity contribution in [3.05, 3.63) is 127 Å². The van der Waals surface area contributed by atoms with E-state index in [1.807, 2.05) is 37.3 Å². The number of aryl methyl sites for hydroxylation is 1. The van der Waals surface area contributed by atoms with E-state index in [0.29, 0.717) is 60.9 Å². The fraction of sp³-hybridized carbons (Fsp3) is 0.242. The highest BCUT2D eigenvalue weighted by Gasteiger charge is 2.34. The predicted octanol–water partition coefficient (Wildman–Crippen LogP) is 6.52. The summed E-state index contributed by atoms with van der Waals surface area (Å²) in [5.74, 6) is 0.382. The van der Waals surface area contributed by atoms with Crippen LogP contribution >= 0.6 is 43.2 Å². The number of hydrogen-bond acceptors (Lipinski definition) is 9. The summed E-state index contributed by atoms with van der Waals surface area (Å²) in [6, 6.07) is 15.1. The smallest absolute Gasteiger partial charge is 0.338 e. The van der Waals surface area contributed by atoms with Gasteiger partial charge in [-0.05, 0) is 90.7 Å². The molecule has 1 aromatic heterocycles. The minimum absolute atomic E-state index is 0.112. The molecule has 2 heterocycles. The van der Waals surface area contributed by atoms with Crippen LogP contribution in [0.5, 0.6) is 11.5 Å². The predicted molar refractivity (Wildman–Crippen MR) is 182 cm³/mol. The van der Waals surface area contributed by atoms with E-state index in [1.165, 1.54) is 10.6 Å². The second-order valence-corrected chi connectivity index (χ2v) is 13.1. The monoisotopic (exact) mass is 769 g/mol. The van der Waals surface area contributed by atoms with Gasteiger partial charge in [0.15, 0.2) is 16.3 Å². The van der Waals surface area contributed by atoms with Gasteiger partial charge in [-0.1, -0.05) is 51.5 Å². The molecule has 1 aliphatic heterocycles. The number of fused-ring (bicyclic) bond motifs is 1. The molecule has 0 spiro atoms. The van der Waals surface area contributed by atoms with Gasteiger partial charge in [0.05, 0.1) is 44.5 Å². The molecule has 0 saturated heterocycles. The number of nitro groups is 1. The van der Waals surface area contributed by atoms with Gasteiger partial charge in [-0.2, -0.15) is 0 Å². The van der Waals surface area contributed by atoms with Crippen LogP contribution in [0.4, 0.5) is 5.69 Å². The van der Waals surface area contributed by atoms with E-state index in [2.05, 4.69) is 36.9 Å². The lowest BCUT2D eigenvalue weighted by Gasteiger charge is -2.24. The number of carbonyl (C=O) groups excluding carboxylic acids is 1. The summed E-state index contributed by atoms with van der Waals surface area (Å²) in [5, 5.41) is 11.8. The average Bonchev–Trinajstić information content (AvgIpc) is 3.31. The number of carbonyl (C=O) groups is 1. The number of nitrogens with zero attached hydrogens (tertiary/aromatic N) is 3. The molecule has 4 aromatic rings. The summed E-state index contributed by atoms with van der Waals surface area (Å²) in [6.45, 7) is 7.68. The fourth-order valence-corrected chi connectivity index (χ4v) is 6.95. The number of esters is 1. The molecule has 10 nitrogen and oxygen atoms in total. The number of halogens is 2. The van der Waals surface area contributed by atoms with Crippen molar-refractivity contribution in [2.45, 2.75) is 40.3 Å². The number of nitro benzene ring substituents is 1. The molecule has 5 rings (SSSR count). The molecule has 1 aliphatic rings. The first-order chi connectivity index (χ1) is 22.0. The van der Waals surface area contributed by atoms with Gasteiger partial charge in [0.25, 0.3) is 11.2 Å². The molecule has 0 aliphatic carbocycles. The summed E-state index contributed by atoms with van der Waals surface area (Å²) >= 11 is 8.20. The van der Waals surface area contributed by atoms with Crippen molar-refractivity contribution in [2.75, 3.05) is 13.2 Å². The van der Waals surface area contributed by atoms with E-state index in [9.17, 15) is 19.7 Å². The Morgan fingerprint density at radius 1 is 1.07 bits per heavy atom. The molecule has 0 N–H and O–H groups in total. The van der Waals surface area contributed by atoms with Crippen LogP contribution < -0.4 is 24.4 Å². The Kier molecular flexibility index (Phi) is 10.2. The molecule has 0 unspecified atom stereocenters. The van der Waals surface area contributed by atoms with E-state index in [4.69, 9.17) is 14.2 Å². The molecule has 0 radical (unpaired) electrons. The van der Waals surface area contributed by atoms with Crippen LogP contribution in [0.2, 0.25) is 0 Å². The maximum absolute atomic E-state index is 14.1. The van der Waals surface area contributed by atoms with Crippen molar-refractivity contribution in [1.82, 2.24) is 4.57 Å². The largest absolute Gasteiger partial charge is 0.490 e. The van der Waals surface area contributed by atoms with Gasteiger partial charge in [-0.15, -0.1) is 0 Å². The van der Waals surface area contributed by atoms with Crippen molar-refractivity contribution in [1.29, 1.82) is 0 Å². The first-order valence-electron chi connectivity index (χ1n) is 14.3. The van der Waals surface area contributed by atoms with Crippen LogP contribution in [0, 0.1) is 17.0 Å². The van der Waals surface area contributed by atoms with E-state index in [0.717, 1.165) is 21.4 Å². The van der Waals surface area contributed by atoms with Crippen LogP contribution in [-0.4, -0.2) is 28.7 Å². The van der Waals surface area contributed by atoms with E-state index >= 15 is 0 Å². The lowest BCUT2D eigenvalue weighted by Crippen LogP contribution is -2.40. The minimum atomic E-state index is -0.975. The third-order valence-corrected chi connectivity index (χ3v) is 9.29. The molecule has 13 heteroatoms. The van der Waals surface area contributed by atoms with Crippen LogP contribution in [0.25, 0.3) is 6.08 Å². The Hall–Kier alpha value is -4.07. The molecular weight excluding hydrogens is 742 g/mol. The number of allylic oxidation sites excluding steroid dienone is 1. The number of thiazole rings is 1. The van der Waals surface area contributed by atoms with E-state index in [1.54, 1.807) is 45.0 Å². The van der Waals surface area contributed by atoms with Crippen LogP contribution in [-0.2, 0) is 16.1 Å². The number of ether oxygens (including phenoxy) is 3. The molecule has 0 bridgehead atoms. The Bertz CT molecular complexity index is 2050. The second kappa shape index (κ2) is 14.1. The Labute approximate surface area is 285 Å². The molecule has 0 saturated carbocycles. The molecule has 3 aromatic carbocycles. The van der Waals surface area contributed by atoms with Gasteiger partial charge in [0.1, 0.15) is 6.61 Å². The topological polar surface area (TPSA) is 122 Å². The standard InChI is InChI=1S/C33H29Br2N3O7S/c1-5-43-26-14-21(13-24(35)30(26)45-17-20-8-11-23(34)12-9-20)15-27-31(39)37-29(22-10-7-18(3)25(16-22)38(41)42)28(32(40)44-6-2)19(4)36-33(37)46-27/h7-16,29H,5-6,17H2,1-4H3/b27-15+/t29-/m1/s1.